The molecule has 4 nitrogen and oxygen atoms in total. The minimum absolute atomic E-state index is 0.107. The molecule has 108 valence electrons. The molecular weight excluding hydrogens is 240 g/mol. The van der Waals surface area contributed by atoms with Crippen LogP contribution in [0, 0.1) is 0 Å². The maximum atomic E-state index is 8.77. The average molecular weight is 266 g/mol. The van der Waals surface area contributed by atoms with E-state index in [-0.39, 0.29) is 12.1 Å². The smallest absolute Gasteiger partial charge is 0.118 e. The number of hydrogen-bond donors (Lipinski definition) is 3. The summed E-state index contributed by atoms with van der Waals surface area (Å²) in [6, 6.07) is 8.08. The van der Waals surface area contributed by atoms with E-state index in [1.807, 2.05) is 12.1 Å². The first-order valence-electron chi connectivity index (χ1n) is 6.82. The molecule has 1 unspecified atom stereocenters. The molecule has 0 radical (unpaired) electrons. The van der Waals surface area contributed by atoms with E-state index in [2.05, 4.69) is 24.4 Å². The van der Waals surface area contributed by atoms with E-state index in [4.69, 9.17) is 15.6 Å². The first-order valence-corrected chi connectivity index (χ1v) is 6.82. The van der Waals surface area contributed by atoms with Crippen molar-refractivity contribution in [3.8, 4) is 5.75 Å². The van der Waals surface area contributed by atoms with Crippen LogP contribution in [0.1, 0.15) is 25.3 Å². The van der Waals surface area contributed by atoms with Gasteiger partial charge in [-0.2, -0.15) is 0 Å². The topological polar surface area (TPSA) is 67.5 Å². The maximum absolute atomic E-state index is 8.77. The number of benzene rings is 1. The van der Waals surface area contributed by atoms with Crippen LogP contribution in [0.25, 0.3) is 0 Å². The Morgan fingerprint density at radius 1 is 1.26 bits per heavy atom. The molecule has 0 aliphatic heterocycles. The first-order chi connectivity index (χ1) is 9.13. The quantitative estimate of drug-likeness (QED) is 0.590. The Morgan fingerprint density at radius 3 is 2.47 bits per heavy atom. The molecule has 1 atom stereocenters. The Labute approximate surface area is 116 Å². The minimum Gasteiger partial charge on any atom is -0.497 e. The van der Waals surface area contributed by atoms with Crippen LogP contribution in [0.15, 0.2) is 24.3 Å². The molecule has 19 heavy (non-hydrogen) atoms. The van der Waals surface area contributed by atoms with E-state index < -0.39 is 0 Å². The van der Waals surface area contributed by atoms with Gasteiger partial charge in [0.15, 0.2) is 0 Å². The lowest BCUT2D eigenvalue weighted by Crippen LogP contribution is -2.50. The zero-order chi connectivity index (χ0) is 14.1. The van der Waals surface area contributed by atoms with E-state index in [1.54, 1.807) is 7.11 Å². The summed E-state index contributed by atoms with van der Waals surface area (Å²) >= 11 is 0. The Bertz CT molecular complexity index is 354. The number of aliphatic hydroxyl groups is 1. The highest BCUT2D eigenvalue weighted by Crippen LogP contribution is 2.16. The number of rotatable bonds is 9. The van der Waals surface area contributed by atoms with Gasteiger partial charge in [0.1, 0.15) is 5.75 Å². The van der Waals surface area contributed by atoms with Crippen LogP contribution in [0.2, 0.25) is 0 Å². The van der Waals surface area contributed by atoms with Crippen LogP contribution >= 0.6 is 0 Å². The van der Waals surface area contributed by atoms with Crippen molar-refractivity contribution in [1.29, 1.82) is 0 Å². The highest BCUT2D eigenvalue weighted by molar-refractivity contribution is 5.28. The van der Waals surface area contributed by atoms with Crippen LogP contribution < -0.4 is 15.8 Å². The predicted molar refractivity (Wildman–Crippen MR) is 78.5 cm³/mol. The van der Waals surface area contributed by atoms with Crippen molar-refractivity contribution in [2.24, 2.45) is 5.73 Å². The molecule has 1 rings (SSSR count). The highest BCUT2D eigenvalue weighted by atomic mass is 16.5. The number of nitrogens with one attached hydrogen (secondary N) is 1. The number of methoxy groups -OCH3 is 1. The van der Waals surface area contributed by atoms with Crippen molar-refractivity contribution >= 4 is 0 Å². The Morgan fingerprint density at radius 2 is 1.95 bits per heavy atom. The van der Waals surface area contributed by atoms with Gasteiger partial charge >= 0.3 is 0 Å². The standard InChI is InChI=1S/C15H26N2O2/c1-15(12-16,17-9-3-4-10-18)11-13-5-7-14(19-2)8-6-13/h5-8,17-18H,3-4,9-12,16H2,1-2H3. The fraction of sp³-hybridized carbons (Fsp3) is 0.600. The second kappa shape index (κ2) is 8.15. The van der Waals surface area contributed by atoms with Crippen LogP contribution in [0.5, 0.6) is 5.75 Å². The van der Waals surface area contributed by atoms with Crippen molar-refractivity contribution in [1.82, 2.24) is 5.32 Å². The maximum Gasteiger partial charge on any atom is 0.118 e. The number of aliphatic hydroxyl groups excluding tert-OH is 1. The molecule has 4 N–H and O–H groups in total. The van der Waals surface area contributed by atoms with Crippen LogP contribution in [0.3, 0.4) is 0 Å². The van der Waals surface area contributed by atoms with Crippen molar-refractivity contribution in [3.63, 3.8) is 0 Å². The number of unbranched alkanes of at least 4 members (excludes halogenated alkanes) is 1. The fourth-order valence-electron chi connectivity index (χ4n) is 2.03. The van der Waals surface area contributed by atoms with E-state index in [1.165, 1.54) is 5.56 Å². The summed E-state index contributed by atoms with van der Waals surface area (Å²) in [5.41, 5.74) is 7.02. The van der Waals surface area contributed by atoms with Crippen LogP contribution in [-0.4, -0.2) is 37.5 Å². The van der Waals surface area contributed by atoms with Gasteiger partial charge in [0.25, 0.3) is 0 Å². The largest absolute Gasteiger partial charge is 0.497 e. The SMILES string of the molecule is COc1ccc(CC(C)(CN)NCCCCO)cc1. The van der Waals surface area contributed by atoms with Gasteiger partial charge in [-0.1, -0.05) is 12.1 Å². The third-order valence-electron chi connectivity index (χ3n) is 3.34. The molecule has 0 heterocycles. The predicted octanol–water partition coefficient (Wildman–Crippen LogP) is 1.32. The van der Waals surface area contributed by atoms with Crippen LogP contribution in [-0.2, 0) is 6.42 Å². The lowest BCUT2D eigenvalue weighted by Gasteiger charge is -2.30. The van der Waals surface area contributed by atoms with Gasteiger partial charge in [0.05, 0.1) is 7.11 Å². The van der Waals surface area contributed by atoms with E-state index >= 15 is 0 Å². The zero-order valence-corrected chi connectivity index (χ0v) is 12.0. The summed E-state index contributed by atoms with van der Waals surface area (Å²) in [5.74, 6) is 0.870. The summed E-state index contributed by atoms with van der Waals surface area (Å²) in [7, 11) is 1.67. The zero-order valence-electron chi connectivity index (χ0n) is 12.0. The third kappa shape index (κ3) is 5.59. The molecule has 0 amide bonds. The summed E-state index contributed by atoms with van der Waals surface area (Å²) in [4.78, 5) is 0. The second-order valence-corrected chi connectivity index (χ2v) is 5.15. The molecule has 0 saturated carbocycles. The number of hydrogen-bond acceptors (Lipinski definition) is 4. The van der Waals surface area contributed by atoms with Gasteiger partial charge in [-0.05, 0) is 50.4 Å². The van der Waals surface area contributed by atoms with Crippen molar-refractivity contribution < 1.29 is 9.84 Å². The molecule has 0 spiro atoms. The lowest BCUT2D eigenvalue weighted by atomic mass is 9.92. The molecule has 0 aliphatic carbocycles. The fourth-order valence-corrected chi connectivity index (χ4v) is 2.03. The highest BCUT2D eigenvalue weighted by Gasteiger charge is 2.21. The van der Waals surface area contributed by atoms with E-state index in [0.29, 0.717) is 6.54 Å². The summed E-state index contributed by atoms with van der Waals surface area (Å²) < 4.78 is 5.15. The van der Waals surface area contributed by atoms with Gasteiger partial charge in [-0.25, -0.2) is 0 Å². The van der Waals surface area contributed by atoms with Gasteiger partial charge in [-0.15, -0.1) is 0 Å². The Balaban J connectivity index is 2.52. The third-order valence-corrected chi connectivity index (χ3v) is 3.34. The Hall–Kier alpha value is -1.10. The van der Waals surface area contributed by atoms with Crippen molar-refractivity contribution in [2.45, 2.75) is 31.7 Å². The van der Waals surface area contributed by atoms with E-state index in [0.717, 1.165) is 31.6 Å². The molecule has 0 bridgehead atoms. The van der Waals surface area contributed by atoms with Crippen molar-refractivity contribution in [2.75, 3.05) is 26.8 Å². The van der Waals surface area contributed by atoms with Gasteiger partial charge in [-0.3, -0.25) is 0 Å². The molecule has 1 aromatic carbocycles. The minimum atomic E-state index is -0.107. The number of nitrogens with two attached hydrogens (primary N) is 1. The molecular formula is C15H26N2O2. The van der Waals surface area contributed by atoms with Gasteiger partial charge in [0, 0.05) is 18.7 Å². The van der Waals surface area contributed by atoms with Gasteiger partial charge < -0.3 is 20.9 Å². The van der Waals surface area contributed by atoms with Crippen LogP contribution in [0.4, 0.5) is 0 Å². The molecule has 4 heteroatoms. The monoisotopic (exact) mass is 266 g/mol. The summed E-state index contributed by atoms with van der Waals surface area (Å²) in [6.45, 7) is 3.85. The molecule has 1 aromatic rings. The molecule has 0 saturated heterocycles. The normalized spacial score (nSPS) is 14.1. The molecule has 0 aliphatic rings. The first kappa shape index (κ1) is 16.0. The number of ether oxygens (including phenoxy) is 1. The van der Waals surface area contributed by atoms with Crippen molar-refractivity contribution in [3.05, 3.63) is 29.8 Å². The summed E-state index contributed by atoms with van der Waals surface area (Å²) in [6.07, 6.45) is 2.68. The summed E-state index contributed by atoms with van der Waals surface area (Å²) in [5, 5.41) is 12.3. The van der Waals surface area contributed by atoms with E-state index in [9.17, 15) is 0 Å². The molecule has 0 aromatic heterocycles. The Kier molecular flexibility index (Phi) is 6.84. The van der Waals surface area contributed by atoms with Gasteiger partial charge in [0.2, 0.25) is 0 Å². The molecule has 0 fully saturated rings. The second-order valence-electron chi connectivity index (χ2n) is 5.15. The lowest BCUT2D eigenvalue weighted by molar-refractivity contribution is 0.277. The average Bonchev–Trinajstić information content (AvgIpc) is 2.44.